The Balaban J connectivity index is 1.86. The quantitative estimate of drug-likeness (QED) is 0.855. The first-order chi connectivity index (χ1) is 9.24. The maximum absolute atomic E-state index is 9.16. The highest BCUT2D eigenvalue weighted by Gasteiger charge is 1.88. The van der Waals surface area contributed by atoms with Crippen LogP contribution in [0.4, 0.5) is 0 Å². The van der Waals surface area contributed by atoms with Crippen molar-refractivity contribution < 1.29 is 10.2 Å². The number of phenolic OH excluding ortho intramolecular Hbond substituents is 2. The molecular formula is C17H16O2. The van der Waals surface area contributed by atoms with Crippen LogP contribution in [0.25, 0.3) is 12.2 Å². The van der Waals surface area contributed by atoms with Crippen LogP contribution in [0.3, 0.4) is 0 Å². The largest absolute Gasteiger partial charge is 0.508 e. The zero-order chi connectivity index (χ0) is 13.5. The molecule has 0 aliphatic rings. The molecule has 2 rings (SSSR count). The van der Waals surface area contributed by atoms with Crippen molar-refractivity contribution in [1.82, 2.24) is 0 Å². The van der Waals surface area contributed by atoms with Gasteiger partial charge in [-0.1, -0.05) is 48.6 Å². The van der Waals surface area contributed by atoms with Crippen LogP contribution in [-0.2, 0) is 0 Å². The first-order valence-corrected chi connectivity index (χ1v) is 6.15. The Morgan fingerprint density at radius 1 is 0.632 bits per heavy atom. The van der Waals surface area contributed by atoms with Gasteiger partial charge in [0.2, 0.25) is 0 Å². The van der Waals surface area contributed by atoms with Gasteiger partial charge in [-0.3, -0.25) is 0 Å². The predicted molar refractivity (Wildman–Crippen MR) is 78.9 cm³/mol. The highest BCUT2D eigenvalue weighted by molar-refractivity contribution is 5.53. The van der Waals surface area contributed by atoms with Crippen molar-refractivity contribution in [2.75, 3.05) is 0 Å². The van der Waals surface area contributed by atoms with E-state index in [1.807, 2.05) is 36.4 Å². The van der Waals surface area contributed by atoms with Gasteiger partial charge in [0.15, 0.2) is 0 Å². The Kier molecular flexibility index (Phi) is 4.40. The molecule has 2 heteroatoms. The number of allylic oxidation sites excluding steroid dienone is 2. The van der Waals surface area contributed by atoms with E-state index >= 15 is 0 Å². The van der Waals surface area contributed by atoms with Crippen LogP contribution in [0.15, 0.2) is 60.7 Å². The predicted octanol–water partition coefficient (Wildman–Crippen LogP) is 4.21. The summed E-state index contributed by atoms with van der Waals surface area (Å²) in [5.74, 6) is 0.564. The van der Waals surface area contributed by atoms with Gasteiger partial charge < -0.3 is 10.2 Å². The van der Waals surface area contributed by atoms with Gasteiger partial charge in [-0.05, 0) is 41.8 Å². The second-order valence-corrected chi connectivity index (χ2v) is 4.22. The van der Waals surface area contributed by atoms with E-state index in [0.717, 1.165) is 17.5 Å². The van der Waals surface area contributed by atoms with Crippen LogP contribution >= 0.6 is 0 Å². The van der Waals surface area contributed by atoms with Gasteiger partial charge in [-0.2, -0.15) is 0 Å². The second kappa shape index (κ2) is 6.45. The van der Waals surface area contributed by atoms with Crippen LogP contribution in [-0.4, -0.2) is 10.2 Å². The van der Waals surface area contributed by atoms with Gasteiger partial charge in [0, 0.05) is 0 Å². The van der Waals surface area contributed by atoms with Crippen LogP contribution in [0, 0.1) is 0 Å². The second-order valence-electron chi connectivity index (χ2n) is 4.22. The van der Waals surface area contributed by atoms with E-state index in [4.69, 9.17) is 10.2 Å². The molecule has 19 heavy (non-hydrogen) atoms. The molecule has 0 spiro atoms. The molecule has 0 amide bonds. The molecule has 0 bridgehead atoms. The summed E-state index contributed by atoms with van der Waals surface area (Å²) in [7, 11) is 0. The summed E-state index contributed by atoms with van der Waals surface area (Å²) in [6, 6.07) is 14.2. The Hall–Kier alpha value is -2.48. The van der Waals surface area contributed by atoms with E-state index in [-0.39, 0.29) is 11.5 Å². The molecule has 0 saturated heterocycles. The number of aromatic hydroxyl groups is 2. The van der Waals surface area contributed by atoms with E-state index in [9.17, 15) is 0 Å². The highest BCUT2D eigenvalue weighted by atomic mass is 16.3. The molecule has 0 heterocycles. The SMILES string of the molecule is Oc1ccc(C=CCC=Cc2ccc(O)cc2)cc1. The standard InChI is InChI=1S/C17H16O2/c18-16-10-6-14(7-11-16)4-2-1-3-5-15-8-12-17(19)13-9-15/h2-13,18-19H,1H2. The molecule has 0 aliphatic heterocycles. The topological polar surface area (TPSA) is 40.5 Å². The summed E-state index contributed by atoms with van der Waals surface area (Å²) in [4.78, 5) is 0. The third-order valence-corrected chi connectivity index (χ3v) is 2.68. The summed E-state index contributed by atoms with van der Waals surface area (Å²) in [6.07, 6.45) is 8.98. The van der Waals surface area contributed by atoms with E-state index in [2.05, 4.69) is 12.2 Å². The lowest BCUT2D eigenvalue weighted by atomic mass is 10.1. The molecule has 2 aromatic rings. The summed E-state index contributed by atoms with van der Waals surface area (Å²) in [6.45, 7) is 0. The third kappa shape index (κ3) is 4.36. The van der Waals surface area contributed by atoms with Crippen molar-refractivity contribution in [3.63, 3.8) is 0 Å². The first kappa shape index (κ1) is 13.0. The third-order valence-electron chi connectivity index (χ3n) is 2.68. The van der Waals surface area contributed by atoms with Crippen LogP contribution in [0.1, 0.15) is 17.5 Å². The van der Waals surface area contributed by atoms with Crippen molar-refractivity contribution in [3.8, 4) is 11.5 Å². The van der Waals surface area contributed by atoms with Gasteiger partial charge >= 0.3 is 0 Å². The Bertz CT molecular complexity index is 510. The highest BCUT2D eigenvalue weighted by Crippen LogP contribution is 2.12. The first-order valence-electron chi connectivity index (χ1n) is 6.15. The Morgan fingerprint density at radius 2 is 1.00 bits per heavy atom. The number of hydrogen-bond donors (Lipinski definition) is 2. The molecule has 0 atom stereocenters. The van der Waals surface area contributed by atoms with E-state index < -0.39 is 0 Å². The molecule has 0 unspecified atom stereocenters. The average Bonchev–Trinajstić information content (AvgIpc) is 2.43. The average molecular weight is 252 g/mol. The zero-order valence-electron chi connectivity index (χ0n) is 10.5. The van der Waals surface area contributed by atoms with Gasteiger partial charge in [0.1, 0.15) is 11.5 Å². The molecule has 2 aromatic carbocycles. The number of hydrogen-bond acceptors (Lipinski definition) is 2. The minimum Gasteiger partial charge on any atom is -0.508 e. The molecule has 0 aliphatic carbocycles. The Morgan fingerprint density at radius 3 is 1.37 bits per heavy atom. The molecule has 2 nitrogen and oxygen atoms in total. The van der Waals surface area contributed by atoms with E-state index in [1.165, 1.54) is 0 Å². The molecule has 0 aromatic heterocycles. The monoisotopic (exact) mass is 252 g/mol. The Labute approximate surface area is 113 Å². The molecule has 0 saturated carbocycles. The van der Waals surface area contributed by atoms with E-state index in [0.29, 0.717) is 0 Å². The molecule has 0 fully saturated rings. The van der Waals surface area contributed by atoms with Gasteiger partial charge in [-0.15, -0.1) is 0 Å². The molecule has 96 valence electrons. The van der Waals surface area contributed by atoms with Crippen molar-refractivity contribution in [3.05, 3.63) is 71.8 Å². The summed E-state index contributed by atoms with van der Waals surface area (Å²) >= 11 is 0. The van der Waals surface area contributed by atoms with Crippen molar-refractivity contribution in [2.24, 2.45) is 0 Å². The normalized spacial score (nSPS) is 11.4. The number of phenols is 2. The molecule has 0 radical (unpaired) electrons. The minimum atomic E-state index is 0.282. The summed E-state index contributed by atoms with van der Waals surface area (Å²) < 4.78 is 0. The lowest BCUT2D eigenvalue weighted by Crippen LogP contribution is -1.71. The minimum absolute atomic E-state index is 0.282. The maximum atomic E-state index is 9.16. The smallest absolute Gasteiger partial charge is 0.115 e. The van der Waals surface area contributed by atoms with Crippen molar-refractivity contribution >= 4 is 12.2 Å². The number of benzene rings is 2. The molecule has 2 N–H and O–H groups in total. The zero-order valence-corrected chi connectivity index (χ0v) is 10.5. The van der Waals surface area contributed by atoms with Crippen molar-refractivity contribution in [2.45, 2.75) is 6.42 Å². The fraction of sp³-hybridized carbons (Fsp3) is 0.0588. The van der Waals surface area contributed by atoms with Gasteiger partial charge in [-0.25, -0.2) is 0 Å². The summed E-state index contributed by atoms with van der Waals surface area (Å²) in [5, 5.41) is 18.3. The van der Waals surface area contributed by atoms with Crippen molar-refractivity contribution in [1.29, 1.82) is 0 Å². The fourth-order valence-electron chi connectivity index (χ4n) is 1.66. The van der Waals surface area contributed by atoms with Crippen LogP contribution in [0.2, 0.25) is 0 Å². The van der Waals surface area contributed by atoms with Gasteiger partial charge in [0.05, 0.1) is 0 Å². The van der Waals surface area contributed by atoms with E-state index in [1.54, 1.807) is 24.3 Å². The number of rotatable bonds is 4. The lowest BCUT2D eigenvalue weighted by Gasteiger charge is -1.94. The molecular weight excluding hydrogens is 236 g/mol. The maximum Gasteiger partial charge on any atom is 0.115 e. The van der Waals surface area contributed by atoms with Gasteiger partial charge in [0.25, 0.3) is 0 Å². The summed E-state index contributed by atoms with van der Waals surface area (Å²) in [5.41, 5.74) is 2.13. The lowest BCUT2D eigenvalue weighted by molar-refractivity contribution is 0.474. The van der Waals surface area contributed by atoms with Crippen LogP contribution in [0.5, 0.6) is 11.5 Å². The fourth-order valence-corrected chi connectivity index (χ4v) is 1.66. The van der Waals surface area contributed by atoms with Crippen LogP contribution < -0.4 is 0 Å².